The number of ether oxygens (including phenoxy) is 1. The van der Waals surface area contributed by atoms with Gasteiger partial charge in [-0.2, -0.15) is 5.10 Å². The lowest BCUT2D eigenvalue weighted by Gasteiger charge is -2.20. The Balaban J connectivity index is 1.89. The standard InChI is InChI=1S/C19H21N5O2/c1-4-23(15-9-7-6-8-10-15)19(25)16-13-20-24(14(16)3)17-11-12-18(22-21-17)26-5-2/h6-13H,4-5H2,1-3H3. The number of rotatable bonds is 6. The van der Waals surface area contributed by atoms with Gasteiger partial charge < -0.3 is 9.64 Å². The molecule has 2 aromatic heterocycles. The molecule has 2 heterocycles. The van der Waals surface area contributed by atoms with E-state index in [9.17, 15) is 4.79 Å². The van der Waals surface area contributed by atoms with Crippen LogP contribution in [0.15, 0.2) is 48.7 Å². The normalized spacial score (nSPS) is 10.6. The lowest BCUT2D eigenvalue weighted by atomic mass is 10.2. The summed E-state index contributed by atoms with van der Waals surface area (Å²) < 4.78 is 6.91. The van der Waals surface area contributed by atoms with Crippen molar-refractivity contribution in [1.29, 1.82) is 0 Å². The minimum atomic E-state index is -0.0960. The molecule has 0 saturated heterocycles. The zero-order valence-corrected chi connectivity index (χ0v) is 15.1. The highest BCUT2D eigenvalue weighted by molar-refractivity contribution is 6.06. The predicted octanol–water partition coefficient (Wildman–Crippen LogP) is 3.04. The number of nitrogens with zero attached hydrogens (tertiary/aromatic N) is 5. The summed E-state index contributed by atoms with van der Waals surface area (Å²) in [7, 11) is 0. The van der Waals surface area contributed by atoms with E-state index in [1.54, 1.807) is 27.9 Å². The van der Waals surface area contributed by atoms with Gasteiger partial charge in [-0.3, -0.25) is 4.79 Å². The van der Waals surface area contributed by atoms with Crippen LogP contribution in [0.4, 0.5) is 5.69 Å². The first-order valence-corrected chi connectivity index (χ1v) is 8.54. The van der Waals surface area contributed by atoms with E-state index in [4.69, 9.17) is 4.74 Å². The summed E-state index contributed by atoms with van der Waals surface area (Å²) in [5.74, 6) is 0.896. The van der Waals surface area contributed by atoms with Gasteiger partial charge in [-0.05, 0) is 39.0 Å². The SMILES string of the molecule is CCOc1ccc(-n2ncc(C(=O)N(CC)c3ccccc3)c2C)nn1. The van der Waals surface area contributed by atoms with Gasteiger partial charge in [-0.15, -0.1) is 10.2 Å². The summed E-state index contributed by atoms with van der Waals surface area (Å²) in [5, 5.41) is 12.5. The molecule has 0 bridgehead atoms. The molecule has 7 nitrogen and oxygen atoms in total. The number of hydrogen-bond acceptors (Lipinski definition) is 5. The molecule has 134 valence electrons. The topological polar surface area (TPSA) is 73.1 Å². The average Bonchev–Trinajstić information content (AvgIpc) is 3.05. The van der Waals surface area contributed by atoms with Gasteiger partial charge >= 0.3 is 0 Å². The molecule has 0 atom stereocenters. The summed E-state index contributed by atoms with van der Waals surface area (Å²) in [6, 6.07) is 13.1. The highest BCUT2D eigenvalue weighted by atomic mass is 16.5. The fraction of sp³-hybridized carbons (Fsp3) is 0.263. The van der Waals surface area contributed by atoms with Crippen molar-refractivity contribution in [1.82, 2.24) is 20.0 Å². The molecule has 3 rings (SSSR count). The number of hydrogen-bond donors (Lipinski definition) is 0. The Morgan fingerprint density at radius 2 is 1.88 bits per heavy atom. The van der Waals surface area contributed by atoms with Gasteiger partial charge in [0.2, 0.25) is 5.88 Å². The molecule has 0 unspecified atom stereocenters. The van der Waals surface area contributed by atoms with E-state index in [1.807, 2.05) is 51.1 Å². The first-order chi connectivity index (χ1) is 12.7. The Hall–Kier alpha value is -3.22. The average molecular weight is 351 g/mol. The number of benzene rings is 1. The minimum absolute atomic E-state index is 0.0960. The van der Waals surface area contributed by atoms with Gasteiger partial charge in [0.25, 0.3) is 5.91 Å². The second kappa shape index (κ2) is 7.77. The first kappa shape index (κ1) is 17.6. The quantitative estimate of drug-likeness (QED) is 0.682. The second-order valence-electron chi connectivity index (χ2n) is 5.60. The van der Waals surface area contributed by atoms with Crippen molar-refractivity contribution in [3.8, 4) is 11.7 Å². The molecule has 0 aliphatic rings. The number of anilines is 1. The van der Waals surface area contributed by atoms with E-state index < -0.39 is 0 Å². The van der Waals surface area contributed by atoms with Gasteiger partial charge in [-0.1, -0.05) is 18.2 Å². The molecule has 0 aliphatic heterocycles. The Kier molecular flexibility index (Phi) is 5.26. The molecule has 0 saturated carbocycles. The summed E-state index contributed by atoms with van der Waals surface area (Å²) >= 11 is 0. The third kappa shape index (κ3) is 3.42. The zero-order valence-electron chi connectivity index (χ0n) is 15.1. The molecule has 1 aromatic carbocycles. The van der Waals surface area contributed by atoms with Crippen LogP contribution in [0, 0.1) is 6.92 Å². The van der Waals surface area contributed by atoms with Gasteiger partial charge in [-0.25, -0.2) is 4.68 Å². The van der Waals surface area contributed by atoms with Crippen molar-refractivity contribution >= 4 is 11.6 Å². The van der Waals surface area contributed by atoms with Crippen molar-refractivity contribution < 1.29 is 9.53 Å². The summed E-state index contributed by atoms with van der Waals surface area (Å²) in [4.78, 5) is 14.7. The molecule has 0 spiro atoms. The Morgan fingerprint density at radius 1 is 1.12 bits per heavy atom. The second-order valence-corrected chi connectivity index (χ2v) is 5.60. The van der Waals surface area contributed by atoms with Crippen LogP contribution in [-0.4, -0.2) is 39.0 Å². The van der Waals surface area contributed by atoms with E-state index >= 15 is 0 Å². The largest absolute Gasteiger partial charge is 0.477 e. The molecule has 3 aromatic rings. The molecular weight excluding hydrogens is 330 g/mol. The number of aromatic nitrogens is 4. The summed E-state index contributed by atoms with van der Waals surface area (Å²) in [6.07, 6.45) is 1.57. The maximum Gasteiger partial charge on any atom is 0.261 e. The van der Waals surface area contributed by atoms with Crippen molar-refractivity contribution in [2.75, 3.05) is 18.1 Å². The predicted molar refractivity (Wildman–Crippen MR) is 98.9 cm³/mol. The molecule has 26 heavy (non-hydrogen) atoms. The van der Waals surface area contributed by atoms with E-state index in [1.165, 1.54) is 0 Å². The van der Waals surface area contributed by atoms with Crippen LogP contribution < -0.4 is 9.64 Å². The number of para-hydroxylation sites is 1. The van der Waals surface area contributed by atoms with E-state index in [-0.39, 0.29) is 5.91 Å². The van der Waals surface area contributed by atoms with Crippen LogP contribution in [-0.2, 0) is 0 Å². The Labute approximate surface area is 152 Å². The smallest absolute Gasteiger partial charge is 0.261 e. The van der Waals surface area contributed by atoms with E-state index in [0.29, 0.717) is 36.1 Å². The zero-order chi connectivity index (χ0) is 18.5. The van der Waals surface area contributed by atoms with Crippen LogP contribution >= 0.6 is 0 Å². The number of carbonyl (C=O) groups excluding carboxylic acids is 1. The Morgan fingerprint density at radius 3 is 2.50 bits per heavy atom. The maximum absolute atomic E-state index is 13.0. The van der Waals surface area contributed by atoms with Crippen molar-refractivity contribution in [3.05, 3.63) is 59.9 Å². The lowest BCUT2D eigenvalue weighted by Crippen LogP contribution is -2.30. The third-order valence-corrected chi connectivity index (χ3v) is 4.00. The van der Waals surface area contributed by atoms with Crippen LogP contribution in [0.25, 0.3) is 5.82 Å². The molecule has 0 fully saturated rings. The highest BCUT2D eigenvalue weighted by Gasteiger charge is 2.21. The van der Waals surface area contributed by atoms with E-state index in [0.717, 1.165) is 5.69 Å². The highest BCUT2D eigenvalue weighted by Crippen LogP contribution is 2.20. The monoisotopic (exact) mass is 351 g/mol. The number of carbonyl (C=O) groups is 1. The first-order valence-electron chi connectivity index (χ1n) is 8.54. The summed E-state index contributed by atoms with van der Waals surface area (Å²) in [6.45, 7) is 6.77. The molecule has 0 aliphatic carbocycles. The minimum Gasteiger partial charge on any atom is -0.477 e. The van der Waals surface area contributed by atoms with Gasteiger partial charge in [0.15, 0.2) is 5.82 Å². The van der Waals surface area contributed by atoms with Crippen molar-refractivity contribution in [3.63, 3.8) is 0 Å². The van der Waals surface area contributed by atoms with Gasteiger partial charge in [0, 0.05) is 18.3 Å². The fourth-order valence-electron chi connectivity index (χ4n) is 2.70. The third-order valence-electron chi connectivity index (χ3n) is 4.00. The molecular formula is C19H21N5O2. The van der Waals surface area contributed by atoms with E-state index in [2.05, 4.69) is 15.3 Å². The van der Waals surface area contributed by atoms with Crippen molar-refractivity contribution in [2.45, 2.75) is 20.8 Å². The molecule has 7 heteroatoms. The molecule has 1 amide bonds. The van der Waals surface area contributed by atoms with Crippen LogP contribution in [0.3, 0.4) is 0 Å². The Bertz CT molecular complexity index is 875. The van der Waals surface area contributed by atoms with Crippen LogP contribution in [0.2, 0.25) is 0 Å². The van der Waals surface area contributed by atoms with Crippen molar-refractivity contribution in [2.24, 2.45) is 0 Å². The maximum atomic E-state index is 13.0. The van der Waals surface area contributed by atoms with Crippen LogP contribution in [0.1, 0.15) is 29.9 Å². The number of amides is 1. The van der Waals surface area contributed by atoms with Crippen LogP contribution in [0.5, 0.6) is 5.88 Å². The lowest BCUT2D eigenvalue weighted by molar-refractivity contribution is 0.0987. The fourth-order valence-corrected chi connectivity index (χ4v) is 2.70. The summed E-state index contributed by atoms with van der Waals surface area (Å²) in [5.41, 5.74) is 2.10. The molecule has 0 radical (unpaired) electrons. The van der Waals surface area contributed by atoms with Gasteiger partial charge in [0.1, 0.15) is 0 Å². The molecule has 0 N–H and O–H groups in total. The van der Waals surface area contributed by atoms with Gasteiger partial charge in [0.05, 0.1) is 24.1 Å².